The third kappa shape index (κ3) is 3.65. The first-order valence-corrected chi connectivity index (χ1v) is 8.69. The Kier molecular flexibility index (Phi) is 4.63. The largest absolute Gasteiger partial charge is 0.465 e. The van der Waals surface area contributed by atoms with Crippen LogP contribution in [0.3, 0.4) is 0 Å². The molecule has 1 fully saturated rings. The van der Waals surface area contributed by atoms with Gasteiger partial charge in [-0.2, -0.15) is 0 Å². The van der Waals surface area contributed by atoms with E-state index in [1.165, 1.54) is 5.39 Å². The molecule has 2 unspecified atom stereocenters. The van der Waals surface area contributed by atoms with Crippen LogP contribution < -0.4 is 4.74 Å². The minimum absolute atomic E-state index is 0.0512. The van der Waals surface area contributed by atoms with Gasteiger partial charge >= 0.3 is 0 Å². The second kappa shape index (κ2) is 7.21. The van der Waals surface area contributed by atoms with Gasteiger partial charge in [-0.25, -0.2) is 0 Å². The zero-order valence-electron chi connectivity index (χ0n) is 14.0. The highest BCUT2D eigenvalue weighted by Crippen LogP contribution is 2.27. The molecule has 0 bridgehead atoms. The highest BCUT2D eigenvalue weighted by molar-refractivity contribution is 5.86. The van der Waals surface area contributed by atoms with Crippen LogP contribution in [-0.4, -0.2) is 29.1 Å². The van der Waals surface area contributed by atoms with Crippen LogP contribution in [0.4, 0.5) is 0 Å². The molecule has 4 rings (SSSR count). The van der Waals surface area contributed by atoms with Gasteiger partial charge in [0.1, 0.15) is 5.75 Å². The summed E-state index contributed by atoms with van der Waals surface area (Å²) in [7, 11) is 0. The van der Waals surface area contributed by atoms with Crippen molar-refractivity contribution in [3.05, 3.63) is 60.9 Å². The second-order valence-corrected chi connectivity index (χ2v) is 6.38. The smallest absolute Gasteiger partial charge is 0.200 e. The SMILES string of the molecule is OCC1CCCC(Oc2ccc(-c3ccc4ccncc4c3)cc2)O1. The molecule has 1 aromatic heterocycles. The lowest BCUT2D eigenvalue weighted by molar-refractivity contribution is -0.158. The Bertz CT molecular complexity index is 847. The van der Waals surface area contributed by atoms with Crippen molar-refractivity contribution in [1.82, 2.24) is 4.98 Å². The lowest BCUT2D eigenvalue weighted by Gasteiger charge is -2.29. The molecule has 2 atom stereocenters. The van der Waals surface area contributed by atoms with Gasteiger partial charge in [-0.3, -0.25) is 4.98 Å². The van der Waals surface area contributed by atoms with Gasteiger partial charge in [0.25, 0.3) is 0 Å². The predicted octanol–water partition coefficient (Wildman–Crippen LogP) is 4.17. The monoisotopic (exact) mass is 335 g/mol. The Labute approximate surface area is 147 Å². The summed E-state index contributed by atoms with van der Waals surface area (Å²) in [5.41, 5.74) is 2.29. The molecule has 0 spiro atoms. The van der Waals surface area contributed by atoms with Gasteiger partial charge < -0.3 is 14.6 Å². The Balaban J connectivity index is 1.49. The molecule has 1 aliphatic heterocycles. The number of hydrogen-bond acceptors (Lipinski definition) is 4. The fraction of sp³-hybridized carbons (Fsp3) is 0.286. The lowest BCUT2D eigenvalue weighted by Crippen LogP contribution is -2.33. The summed E-state index contributed by atoms with van der Waals surface area (Å²) in [6, 6.07) is 16.4. The van der Waals surface area contributed by atoms with Gasteiger partial charge in [0.05, 0.1) is 12.7 Å². The number of benzene rings is 2. The van der Waals surface area contributed by atoms with Crippen LogP contribution in [0, 0.1) is 0 Å². The van der Waals surface area contributed by atoms with Gasteiger partial charge in [-0.1, -0.05) is 24.3 Å². The van der Waals surface area contributed by atoms with Gasteiger partial charge in [0.15, 0.2) is 6.29 Å². The van der Waals surface area contributed by atoms with E-state index in [-0.39, 0.29) is 19.0 Å². The van der Waals surface area contributed by atoms with Crippen molar-refractivity contribution in [3.8, 4) is 16.9 Å². The standard InChI is InChI=1S/C21H21NO3/c23-14-20-2-1-3-21(25-20)24-19-8-6-15(7-9-19)17-5-4-16-10-11-22-13-18(16)12-17/h4-13,20-21,23H,1-3,14H2. The molecule has 1 N–H and O–H groups in total. The number of hydrogen-bond donors (Lipinski definition) is 1. The average Bonchev–Trinajstić information content (AvgIpc) is 2.68. The maximum atomic E-state index is 9.23. The van der Waals surface area contributed by atoms with Crippen molar-refractivity contribution in [1.29, 1.82) is 0 Å². The van der Waals surface area contributed by atoms with Crippen LogP contribution in [0.1, 0.15) is 19.3 Å². The van der Waals surface area contributed by atoms with Crippen molar-refractivity contribution in [3.63, 3.8) is 0 Å². The maximum Gasteiger partial charge on any atom is 0.200 e. The fourth-order valence-corrected chi connectivity index (χ4v) is 3.23. The van der Waals surface area contributed by atoms with Crippen molar-refractivity contribution in [2.24, 2.45) is 0 Å². The van der Waals surface area contributed by atoms with Crippen molar-refractivity contribution >= 4 is 10.8 Å². The van der Waals surface area contributed by atoms with Gasteiger partial charge in [0.2, 0.25) is 0 Å². The molecule has 128 valence electrons. The number of ether oxygens (including phenoxy) is 2. The Hall–Kier alpha value is -2.43. The maximum absolute atomic E-state index is 9.23. The summed E-state index contributed by atoms with van der Waals surface area (Å²) >= 11 is 0. The molecule has 1 saturated heterocycles. The second-order valence-electron chi connectivity index (χ2n) is 6.38. The zero-order valence-corrected chi connectivity index (χ0v) is 14.0. The molecule has 2 aromatic carbocycles. The number of aliphatic hydroxyl groups is 1. The van der Waals surface area contributed by atoms with E-state index in [1.54, 1.807) is 0 Å². The molecule has 0 saturated carbocycles. The quantitative estimate of drug-likeness (QED) is 0.777. The minimum atomic E-state index is -0.275. The van der Waals surface area contributed by atoms with Gasteiger partial charge in [-0.15, -0.1) is 0 Å². The number of fused-ring (bicyclic) bond motifs is 1. The average molecular weight is 335 g/mol. The van der Waals surface area contributed by atoms with Crippen LogP contribution in [0.5, 0.6) is 5.75 Å². The fourth-order valence-electron chi connectivity index (χ4n) is 3.23. The lowest BCUT2D eigenvalue weighted by atomic mass is 10.0. The molecule has 2 heterocycles. The molecular formula is C21H21NO3. The molecule has 0 radical (unpaired) electrons. The number of pyridine rings is 1. The van der Waals surface area contributed by atoms with E-state index in [2.05, 4.69) is 35.3 Å². The van der Waals surface area contributed by atoms with Crippen molar-refractivity contribution < 1.29 is 14.6 Å². The first-order chi connectivity index (χ1) is 12.3. The van der Waals surface area contributed by atoms with Crippen LogP contribution in [0.2, 0.25) is 0 Å². The molecule has 4 nitrogen and oxygen atoms in total. The molecule has 1 aliphatic rings. The molecule has 4 heteroatoms. The number of aromatic nitrogens is 1. The summed E-state index contributed by atoms with van der Waals surface area (Å²) in [6.45, 7) is 0.0512. The van der Waals surface area contributed by atoms with Crippen LogP contribution in [0.15, 0.2) is 60.9 Å². The van der Waals surface area contributed by atoms with E-state index in [9.17, 15) is 5.11 Å². The topological polar surface area (TPSA) is 51.6 Å². The Morgan fingerprint density at radius 2 is 1.84 bits per heavy atom. The summed E-state index contributed by atoms with van der Waals surface area (Å²) in [5.74, 6) is 0.787. The highest BCUT2D eigenvalue weighted by Gasteiger charge is 2.22. The first-order valence-electron chi connectivity index (χ1n) is 8.69. The van der Waals surface area contributed by atoms with E-state index in [1.807, 2.05) is 30.6 Å². The molecular weight excluding hydrogens is 314 g/mol. The summed E-state index contributed by atoms with van der Waals surface area (Å²) in [6.07, 6.45) is 6.07. The predicted molar refractivity (Wildman–Crippen MR) is 97.4 cm³/mol. The summed E-state index contributed by atoms with van der Waals surface area (Å²) in [4.78, 5) is 4.19. The normalized spacial score (nSPS) is 20.5. The molecule has 0 aliphatic carbocycles. The molecule has 0 amide bonds. The summed E-state index contributed by atoms with van der Waals surface area (Å²) in [5, 5.41) is 11.5. The van der Waals surface area contributed by atoms with E-state index >= 15 is 0 Å². The van der Waals surface area contributed by atoms with E-state index in [0.29, 0.717) is 0 Å². The zero-order chi connectivity index (χ0) is 17.1. The van der Waals surface area contributed by atoms with E-state index < -0.39 is 0 Å². The number of rotatable bonds is 4. The minimum Gasteiger partial charge on any atom is -0.465 e. The number of aliphatic hydroxyl groups excluding tert-OH is 1. The van der Waals surface area contributed by atoms with E-state index in [0.717, 1.165) is 41.5 Å². The van der Waals surface area contributed by atoms with Crippen molar-refractivity contribution in [2.45, 2.75) is 31.7 Å². The molecule has 3 aromatic rings. The third-order valence-corrected chi connectivity index (χ3v) is 4.61. The van der Waals surface area contributed by atoms with Crippen molar-refractivity contribution in [2.75, 3.05) is 6.61 Å². The Morgan fingerprint density at radius 1 is 1.00 bits per heavy atom. The van der Waals surface area contributed by atoms with E-state index in [4.69, 9.17) is 9.47 Å². The van der Waals surface area contributed by atoms with Gasteiger partial charge in [0, 0.05) is 24.2 Å². The molecule has 25 heavy (non-hydrogen) atoms. The first kappa shape index (κ1) is 16.1. The van der Waals surface area contributed by atoms with Crippen LogP contribution in [-0.2, 0) is 4.74 Å². The Morgan fingerprint density at radius 3 is 2.68 bits per heavy atom. The van der Waals surface area contributed by atoms with Crippen LogP contribution in [0.25, 0.3) is 21.9 Å². The highest BCUT2D eigenvalue weighted by atomic mass is 16.7. The van der Waals surface area contributed by atoms with Crippen LogP contribution >= 0.6 is 0 Å². The third-order valence-electron chi connectivity index (χ3n) is 4.61. The van der Waals surface area contributed by atoms with Gasteiger partial charge in [-0.05, 0) is 53.6 Å². The summed E-state index contributed by atoms with van der Waals surface area (Å²) < 4.78 is 11.6. The number of nitrogens with zero attached hydrogens (tertiary/aromatic N) is 1.